The summed E-state index contributed by atoms with van der Waals surface area (Å²) in [6.07, 6.45) is 5.25. The Labute approximate surface area is 120 Å². The zero-order chi connectivity index (χ0) is 14.0. The van der Waals surface area contributed by atoms with Crippen molar-refractivity contribution in [3.63, 3.8) is 0 Å². The van der Waals surface area contributed by atoms with Crippen LogP contribution in [0.2, 0.25) is 0 Å². The predicted molar refractivity (Wildman–Crippen MR) is 80.9 cm³/mol. The summed E-state index contributed by atoms with van der Waals surface area (Å²) in [5.74, 6) is -0.482. The Morgan fingerprint density at radius 1 is 1.42 bits per heavy atom. The minimum Gasteiger partial charge on any atom is -0.396 e. The quantitative estimate of drug-likeness (QED) is 0.636. The Hall–Kier alpha value is -0.920. The molecule has 0 spiro atoms. The molecule has 0 aromatic carbocycles. The van der Waals surface area contributed by atoms with Gasteiger partial charge in [0.15, 0.2) is 0 Å². The van der Waals surface area contributed by atoms with Gasteiger partial charge in [-0.25, -0.2) is 0 Å². The number of thiophene rings is 1. The van der Waals surface area contributed by atoms with Crippen LogP contribution in [0.15, 0.2) is 4.90 Å². The van der Waals surface area contributed by atoms with Crippen molar-refractivity contribution >= 4 is 39.7 Å². The van der Waals surface area contributed by atoms with Crippen molar-refractivity contribution in [3.8, 4) is 0 Å². The highest BCUT2D eigenvalue weighted by Gasteiger charge is 2.23. The van der Waals surface area contributed by atoms with E-state index in [2.05, 4.69) is 5.32 Å². The summed E-state index contributed by atoms with van der Waals surface area (Å²) in [6.45, 7) is 0. The molecular weight excluding hydrogens is 282 g/mol. The second kappa shape index (κ2) is 6.02. The number of hydrogen-bond acceptors (Lipinski definition) is 6. The lowest BCUT2D eigenvalue weighted by molar-refractivity contribution is 0.100. The number of amides is 1. The first kappa shape index (κ1) is 14.5. The van der Waals surface area contributed by atoms with E-state index in [1.807, 2.05) is 6.26 Å². The van der Waals surface area contributed by atoms with Gasteiger partial charge in [0.25, 0.3) is 5.91 Å². The third-order valence-corrected chi connectivity index (χ3v) is 5.47. The fraction of sp³-hybridized carbons (Fsp3) is 0.583. The Morgan fingerprint density at radius 2 is 2.05 bits per heavy atom. The summed E-state index contributed by atoms with van der Waals surface area (Å²) >= 11 is 2.83. The monoisotopic (exact) mass is 301 g/mol. The zero-order valence-electron chi connectivity index (χ0n) is 10.8. The van der Waals surface area contributed by atoms with Crippen LogP contribution in [-0.4, -0.2) is 29.4 Å². The molecule has 1 aromatic rings. The molecule has 1 heterocycles. The SMILES string of the molecule is CSc1c(NC2CCC(O)CC2)sc(C(N)=O)c1N. The van der Waals surface area contributed by atoms with Gasteiger partial charge in [0.1, 0.15) is 9.88 Å². The number of thioether (sulfide) groups is 1. The van der Waals surface area contributed by atoms with Crippen LogP contribution in [0, 0.1) is 0 Å². The van der Waals surface area contributed by atoms with Crippen LogP contribution in [0.5, 0.6) is 0 Å². The second-order valence-electron chi connectivity index (χ2n) is 4.72. The maximum absolute atomic E-state index is 11.3. The van der Waals surface area contributed by atoms with Crippen molar-refractivity contribution in [1.82, 2.24) is 0 Å². The highest BCUT2D eigenvalue weighted by molar-refractivity contribution is 7.99. The molecule has 6 N–H and O–H groups in total. The van der Waals surface area contributed by atoms with Crippen molar-refractivity contribution < 1.29 is 9.90 Å². The van der Waals surface area contributed by atoms with E-state index in [0.29, 0.717) is 16.6 Å². The van der Waals surface area contributed by atoms with Crippen LogP contribution >= 0.6 is 23.1 Å². The second-order valence-corrected chi connectivity index (χ2v) is 6.56. The lowest BCUT2D eigenvalue weighted by Gasteiger charge is -2.26. The topological polar surface area (TPSA) is 101 Å². The number of carbonyl (C=O) groups is 1. The normalized spacial score (nSPS) is 23.3. The first-order valence-corrected chi connectivity index (χ1v) is 8.27. The largest absolute Gasteiger partial charge is 0.396 e. The van der Waals surface area contributed by atoms with Crippen LogP contribution < -0.4 is 16.8 Å². The number of anilines is 2. The fourth-order valence-electron chi connectivity index (χ4n) is 2.32. The highest BCUT2D eigenvalue weighted by atomic mass is 32.2. The maximum Gasteiger partial charge on any atom is 0.261 e. The van der Waals surface area contributed by atoms with Gasteiger partial charge < -0.3 is 21.9 Å². The van der Waals surface area contributed by atoms with E-state index in [4.69, 9.17) is 11.5 Å². The van der Waals surface area contributed by atoms with Crippen LogP contribution in [0.4, 0.5) is 10.7 Å². The summed E-state index contributed by atoms with van der Waals surface area (Å²) in [4.78, 5) is 12.6. The number of rotatable bonds is 4. The third kappa shape index (κ3) is 3.16. The summed E-state index contributed by atoms with van der Waals surface area (Å²) in [5, 5.41) is 13.9. The molecule has 0 bridgehead atoms. The van der Waals surface area contributed by atoms with Crippen molar-refractivity contribution in [1.29, 1.82) is 0 Å². The number of nitrogens with one attached hydrogen (secondary N) is 1. The standard InChI is InChI=1S/C12H19N3O2S2/c1-18-10-8(13)9(11(14)17)19-12(10)15-6-2-4-7(16)5-3-6/h6-7,15-16H,2-5,13H2,1H3,(H2,14,17). The number of carbonyl (C=O) groups excluding carboxylic acids is 1. The van der Waals surface area contributed by atoms with Gasteiger partial charge in [-0.3, -0.25) is 4.79 Å². The Bertz CT molecular complexity index is 468. The number of hydrogen-bond donors (Lipinski definition) is 4. The number of nitrogen functional groups attached to an aromatic ring is 1. The van der Waals surface area contributed by atoms with Gasteiger partial charge in [0.05, 0.1) is 16.7 Å². The summed E-state index contributed by atoms with van der Waals surface area (Å²) in [6, 6.07) is 0.327. The van der Waals surface area contributed by atoms with Crippen LogP contribution in [0.3, 0.4) is 0 Å². The molecule has 106 valence electrons. The third-order valence-electron chi connectivity index (χ3n) is 3.36. The lowest BCUT2D eigenvalue weighted by atomic mass is 9.93. The van der Waals surface area contributed by atoms with Gasteiger partial charge in [-0.2, -0.15) is 0 Å². The maximum atomic E-state index is 11.3. The molecule has 1 aliphatic rings. The minimum atomic E-state index is -0.482. The Morgan fingerprint density at radius 3 is 2.58 bits per heavy atom. The van der Waals surface area contributed by atoms with E-state index in [-0.39, 0.29) is 6.10 Å². The van der Waals surface area contributed by atoms with E-state index < -0.39 is 5.91 Å². The summed E-state index contributed by atoms with van der Waals surface area (Å²) in [5.41, 5.74) is 11.8. The van der Waals surface area contributed by atoms with Crippen molar-refractivity contribution in [3.05, 3.63) is 4.88 Å². The number of aliphatic hydroxyl groups excluding tert-OH is 1. The molecule has 2 rings (SSSR count). The highest BCUT2D eigenvalue weighted by Crippen LogP contribution is 2.42. The molecule has 0 atom stereocenters. The molecule has 0 unspecified atom stereocenters. The van der Waals surface area contributed by atoms with Gasteiger partial charge in [0, 0.05) is 6.04 Å². The van der Waals surface area contributed by atoms with E-state index in [1.54, 1.807) is 0 Å². The average Bonchev–Trinajstić information content (AvgIpc) is 2.68. The van der Waals surface area contributed by atoms with Crippen LogP contribution in [0.25, 0.3) is 0 Å². The molecule has 5 nitrogen and oxygen atoms in total. The zero-order valence-corrected chi connectivity index (χ0v) is 12.4. The lowest BCUT2D eigenvalue weighted by Crippen LogP contribution is -2.28. The van der Waals surface area contributed by atoms with Gasteiger partial charge in [-0.05, 0) is 31.9 Å². The molecule has 19 heavy (non-hydrogen) atoms. The molecule has 1 saturated carbocycles. The van der Waals surface area contributed by atoms with Gasteiger partial charge in [-0.1, -0.05) is 0 Å². The van der Waals surface area contributed by atoms with Gasteiger partial charge >= 0.3 is 0 Å². The molecule has 1 fully saturated rings. The number of aliphatic hydroxyl groups is 1. The smallest absolute Gasteiger partial charge is 0.261 e. The summed E-state index contributed by atoms with van der Waals surface area (Å²) < 4.78 is 0. The van der Waals surface area contributed by atoms with Crippen molar-refractivity contribution in [2.24, 2.45) is 5.73 Å². The molecule has 7 heteroatoms. The molecular formula is C12H19N3O2S2. The first-order chi connectivity index (χ1) is 9.02. The molecule has 1 amide bonds. The van der Waals surface area contributed by atoms with Crippen molar-refractivity contribution in [2.75, 3.05) is 17.3 Å². The van der Waals surface area contributed by atoms with E-state index >= 15 is 0 Å². The number of nitrogens with two attached hydrogens (primary N) is 2. The van der Waals surface area contributed by atoms with Crippen LogP contribution in [-0.2, 0) is 0 Å². The van der Waals surface area contributed by atoms with E-state index in [1.165, 1.54) is 23.1 Å². The van der Waals surface area contributed by atoms with E-state index in [9.17, 15) is 9.90 Å². The van der Waals surface area contributed by atoms with Crippen molar-refractivity contribution in [2.45, 2.75) is 42.7 Å². The Balaban J connectivity index is 2.15. The predicted octanol–water partition coefficient (Wildman–Crippen LogP) is 1.87. The van der Waals surface area contributed by atoms with Crippen LogP contribution in [0.1, 0.15) is 35.4 Å². The molecule has 1 aliphatic carbocycles. The summed E-state index contributed by atoms with van der Waals surface area (Å²) in [7, 11) is 0. The van der Waals surface area contributed by atoms with E-state index in [0.717, 1.165) is 35.6 Å². The molecule has 0 saturated heterocycles. The average molecular weight is 301 g/mol. The first-order valence-electron chi connectivity index (χ1n) is 6.23. The molecule has 0 radical (unpaired) electrons. The fourth-order valence-corrected chi connectivity index (χ4v) is 4.27. The number of primary amides is 1. The van der Waals surface area contributed by atoms with Gasteiger partial charge in [0.2, 0.25) is 0 Å². The van der Waals surface area contributed by atoms with Gasteiger partial charge in [-0.15, -0.1) is 23.1 Å². The molecule has 1 aromatic heterocycles. The Kier molecular flexibility index (Phi) is 4.59. The minimum absolute atomic E-state index is 0.173. The molecule has 0 aliphatic heterocycles.